The van der Waals surface area contributed by atoms with Crippen LogP contribution in [0.25, 0.3) is 0 Å². The Balaban J connectivity index is 1.85. The van der Waals surface area contributed by atoms with E-state index in [4.69, 9.17) is 4.74 Å². The van der Waals surface area contributed by atoms with Crippen LogP contribution < -0.4 is 0 Å². The van der Waals surface area contributed by atoms with Crippen molar-refractivity contribution in [3.05, 3.63) is 35.1 Å². The maximum atomic E-state index is 14.6. The monoisotopic (exact) mass is 368 g/mol. The number of thiocarbonyl (C=S) groups is 1. The molecule has 0 aromatic heterocycles. The first-order valence-corrected chi connectivity index (χ1v) is 9.64. The van der Waals surface area contributed by atoms with E-state index in [9.17, 15) is 13.4 Å². The van der Waals surface area contributed by atoms with Crippen LogP contribution in [0.3, 0.4) is 0 Å². The van der Waals surface area contributed by atoms with Crippen molar-refractivity contribution in [1.29, 1.82) is 0 Å². The molecule has 2 aliphatic heterocycles. The number of amides is 1. The third-order valence-electron chi connectivity index (χ3n) is 4.41. The average molecular weight is 368 g/mol. The lowest BCUT2D eigenvalue weighted by molar-refractivity contribution is 0.149. The van der Waals surface area contributed by atoms with Crippen LogP contribution in [0.15, 0.2) is 23.2 Å². The van der Waals surface area contributed by atoms with Crippen molar-refractivity contribution in [2.75, 3.05) is 24.7 Å². The summed E-state index contributed by atoms with van der Waals surface area (Å²) in [5.41, 5.74) is 1.16. The van der Waals surface area contributed by atoms with Crippen LogP contribution >= 0.6 is 12.2 Å². The molecular weight excluding hydrogens is 351 g/mol. The standard InChI is InChI=1S/C16H17FN2O3S2/c17-14-9-12(15(18-10-23)19-5-6-22-16(19)20)1-2-13(14)11-3-7-24(21)8-4-11/h1-2,9,11,15H,3-8H2/t11?,15-,24?/m1/s1. The number of benzene rings is 1. The number of carbonyl (C=O) groups excluding carboxylic acids is 1. The zero-order chi connectivity index (χ0) is 17.1. The van der Waals surface area contributed by atoms with Gasteiger partial charge in [-0.2, -0.15) is 0 Å². The second-order valence-corrected chi connectivity index (χ2v) is 7.68. The lowest BCUT2D eigenvalue weighted by Gasteiger charge is -2.24. The topological polar surface area (TPSA) is 59.0 Å². The number of isothiocyanates is 1. The van der Waals surface area contributed by atoms with Gasteiger partial charge in [0.05, 0.1) is 11.7 Å². The summed E-state index contributed by atoms with van der Waals surface area (Å²) in [4.78, 5) is 17.2. The Morgan fingerprint density at radius 1 is 1.42 bits per heavy atom. The number of aliphatic imine (C=N–C) groups is 1. The third-order valence-corrected chi connectivity index (χ3v) is 5.90. The molecule has 0 radical (unpaired) electrons. The van der Waals surface area contributed by atoms with Crippen LogP contribution in [0.4, 0.5) is 9.18 Å². The Labute approximate surface area is 147 Å². The molecule has 1 aromatic carbocycles. The van der Waals surface area contributed by atoms with Crippen molar-refractivity contribution in [2.24, 2.45) is 4.99 Å². The lowest BCUT2D eigenvalue weighted by Crippen LogP contribution is -2.28. The SMILES string of the molecule is O=C1OCCN1[C@@H](N=C=S)c1ccc(C2CCS(=O)CC2)c(F)c1. The van der Waals surface area contributed by atoms with Gasteiger partial charge in [0.15, 0.2) is 6.17 Å². The first kappa shape index (κ1) is 17.2. The highest BCUT2D eigenvalue weighted by Crippen LogP contribution is 2.32. The van der Waals surface area contributed by atoms with Crippen molar-refractivity contribution < 1.29 is 18.1 Å². The predicted octanol–water partition coefficient (Wildman–Crippen LogP) is 3.01. The molecular formula is C16H17FN2O3S2. The molecule has 0 N–H and O–H groups in total. The molecule has 0 bridgehead atoms. The van der Waals surface area contributed by atoms with Crippen molar-refractivity contribution >= 4 is 34.3 Å². The van der Waals surface area contributed by atoms with Gasteiger partial charge in [-0.1, -0.05) is 12.1 Å². The molecule has 24 heavy (non-hydrogen) atoms. The van der Waals surface area contributed by atoms with E-state index in [2.05, 4.69) is 22.4 Å². The van der Waals surface area contributed by atoms with Crippen molar-refractivity contribution in [3.63, 3.8) is 0 Å². The summed E-state index contributed by atoms with van der Waals surface area (Å²) in [5, 5.41) is 2.27. The van der Waals surface area contributed by atoms with E-state index in [1.54, 1.807) is 12.1 Å². The minimum absolute atomic E-state index is 0.0842. The Kier molecular flexibility index (Phi) is 5.38. The molecule has 1 aromatic rings. The zero-order valence-electron chi connectivity index (χ0n) is 12.9. The van der Waals surface area contributed by atoms with Gasteiger partial charge in [0, 0.05) is 27.9 Å². The molecule has 1 amide bonds. The molecule has 2 aliphatic rings. The number of hydrogen-bond acceptors (Lipinski definition) is 5. The smallest absolute Gasteiger partial charge is 0.411 e. The predicted molar refractivity (Wildman–Crippen MR) is 92.1 cm³/mol. The molecule has 128 valence electrons. The Bertz CT molecular complexity index is 711. The highest BCUT2D eigenvalue weighted by molar-refractivity contribution is 7.85. The maximum Gasteiger partial charge on any atom is 0.411 e. The summed E-state index contributed by atoms with van der Waals surface area (Å²) in [6.07, 6.45) is 0.235. The Morgan fingerprint density at radius 3 is 2.75 bits per heavy atom. The van der Waals surface area contributed by atoms with E-state index in [0.717, 1.165) is 12.8 Å². The minimum Gasteiger partial charge on any atom is -0.447 e. The van der Waals surface area contributed by atoms with Gasteiger partial charge in [-0.25, -0.2) is 14.2 Å². The lowest BCUT2D eigenvalue weighted by atomic mass is 9.92. The number of cyclic esters (lactones) is 1. The van der Waals surface area contributed by atoms with E-state index in [-0.39, 0.29) is 18.3 Å². The summed E-state index contributed by atoms with van der Waals surface area (Å²) in [5.74, 6) is 0.982. The van der Waals surface area contributed by atoms with Gasteiger partial charge in [0.1, 0.15) is 12.4 Å². The molecule has 8 heteroatoms. The van der Waals surface area contributed by atoms with Crippen molar-refractivity contribution in [1.82, 2.24) is 4.90 Å². The molecule has 0 saturated carbocycles. The third kappa shape index (κ3) is 3.55. The molecule has 5 nitrogen and oxygen atoms in total. The zero-order valence-corrected chi connectivity index (χ0v) is 14.6. The van der Waals surface area contributed by atoms with Crippen LogP contribution in [0, 0.1) is 5.82 Å². The number of halogens is 1. The normalized spacial score (nSPS) is 25.0. The first-order chi connectivity index (χ1) is 11.6. The molecule has 0 spiro atoms. The number of nitrogens with zero attached hydrogens (tertiary/aromatic N) is 2. The van der Waals surface area contributed by atoms with E-state index < -0.39 is 23.1 Å². The van der Waals surface area contributed by atoms with Crippen LogP contribution in [0.2, 0.25) is 0 Å². The van der Waals surface area contributed by atoms with Gasteiger partial charge in [-0.3, -0.25) is 9.11 Å². The number of hydrogen-bond donors (Lipinski definition) is 0. The highest BCUT2D eigenvalue weighted by atomic mass is 32.2. The summed E-state index contributed by atoms with van der Waals surface area (Å²) in [6.45, 7) is 0.657. The first-order valence-electron chi connectivity index (χ1n) is 7.75. The fourth-order valence-electron chi connectivity index (χ4n) is 3.14. The van der Waals surface area contributed by atoms with Gasteiger partial charge in [0.2, 0.25) is 0 Å². The molecule has 2 fully saturated rings. The molecule has 3 rings (SSSR count). The Hall–Kier alpha value is -1.63. The van der Waals surface area contributed by atoms with Gasteiger partial charge < -0.3 is 4.74 Å². The molecule has 0 unspecified atom stereocenters. The average Bonchev–Trinajstić information content (AvgIpc) is 2.99. The quantitative estimate of drug-likeness (QED) is 0.606. The number of rotatable bonds is 4. The van der Waals surface area contributed by atoms with Gasteiger partial charge in [-0.05, 0) is 42.6 Å². The summed E-state index contributed by atoms with van der Waals surface area (Å²) >= 11 is 4.66. The van der Waals surface area contributed by atoms with E-state index in [0.29, 0.717) is 29.2 Å². The number of carbonyl (C=O) groups is 1. The van der Waals surface area contributed by atoms with Crippen LogP contribution in [-0.2, 0) is 15.5 Å². The van der Waals surface area contributed by atoms with Gasteiger partial charge in [-0.15, -0.1) is 0 Å². The van der Waals surface area contributed by atoms with E-state index in [1.807, 2.05) is 0 Å². The molecule has 0 aliphatic carbocycles. The molecule has 2 saturated heterocycles. The maximum absolute atomic E-state index is 14.6. The van der Waals surface area contributed by atoms with E-state index in [1.165, 1.54) is 11.0 Å². The van der Waals surface area contributed by atoms with Crippen molar-refractivity contribution in [3.8, 4) is 0 Å². The summed E-state index contributed by atoms with van der Waals surface area (Å²) in [6, 6.07) is 4.89. The van der Waals surface area contributed by atoms with Gasteiger partial charge >= 0.3 is 6.09 Å². The Morgan fingerprint density at radius 2 is 2.17 bits per heavy atom. The molecule has 1 atom stereocenters. The largest absolute Gasteiger partial charge is 0.447 e. The van der Waals surface area contributed by atoms with Crippen LogP contribution in [0.5, 0.6) is 0 Å². The second kappa shape index (κ2) is 7.51. The van der Waals surface area contributed by atoms with Gasteiger partial charge in [0.25, 0.3) is 0 Å². The summed E-state index contributed by atoms with van der Waals surface area (Å²) in [7, 11) is -0.777. The fourth-order valence-corrected chi connectivity index (χ4v) is 4.54. The summed E-state index contributed by atoms with van der Waals surface area (Å²) < 4.78 is 31.0. The highest BCUT2D eigenvalue weighted by Gasteiger charge is 2.31. The van der Waals surface area contributed by atoms with Crippen LogP contribution in [-0.4, -0.2) is 45.0 Å². The van der Waals surface area contributed by atoms with Crippen LogP contribution in [0.1, 0.15) is 36.1 Å². The number of ether oxygens (including phenoxy) is 1. The second-order valence-electron chi connectivity index (χ2n) is 5.81. The molecule has 2 heterocycles. The van der Waals surface area contributed by atoms with Crippen molar-refractivity contribution in [2.45, 2.75) is 24.9 Å². The van der Waals surface area contributed by atoms with E-state index >= 15 is 0 Å². The fraction of sp³-hybridized carbons (Fsp3) is 0.500. The minimum atomic E-state index is -0.777.